The molecule has 0 N–H and O–H groups in total. The number of piperazine rings is 1. The molecule has 0 aliphatic carbocycles. The number of rotatable bonds is 4. The minimum atomic E-state index is 0.764. The van der Waals surface area contributed by atoms with Crippen LogP contribution in [0.1, 0.15) is 29.5 Å². The van der Waals surface area contributed by atoms with Crippen LogP contribution in [0.5, 0.6) is 0 Å². The summed E-state index contributed by atoms with van der Waals surface area (Å²) < 4.78 is 0. The van der Waals surface area contributed by atoms with Crippen LogP contribution in [0.15, 0.2) is 12.1 Å². The highest BCUT2D eigenvalue weighted by atomic mass is 32.1. The van der Waals surface area contributed by atoms with Crippen LogP contribution in [0.25, 0.3) is 0 Å². The monoisotopic (exact) mass is 321 g/mol. The molecule has 0 spiro atoms. The highest BCUT2D eigenvalue weighted by Gasteiger charge is 2.29. The molecule has 1 unspecified atom stereocenters. The van der Waals surface area contributed by atoms with Crippen LogP contribution >= 0.6 is 11.3 Å². The highest BCUT2D eigenvalue weighted by molar-refractivity contribution is 7.11. The molecule has 124 valence electrons. The van der Waals surface area contributed by atoms with Gasteiger partial charge in [0.1, 0.15) is 0 Å². The van der Waals surface area contributed by atoms with Gasteiger partial charge in [-0.15, -0.1) is 11.3 Å². The van der Waals surface area contributed by atoms with Crippen LogP contribution in [0.3, 0.4) is 0 Å². The van der Waals surface area contributed by atoms with Gasteiger partial charge in [0, 0.05) is 48.5 Å². The Balaban J connectivity index is 1.45. The van der Waals surface area contributed by atoms with Crippen LogP contribution in [-0.2, 0) is 6.54 Å². The summed E-state index contributed by atoms with van der Waals surface area (Å²) in [6.45, 7) is 13.4. The second-order valence-corrected chi connectivity index (χ2v) is 8.58. The molecule has 0 amide bonds. The molecule has 2 aliphatic heterocycles. The molecule has 3 heterocycles. The van der Waals surface area contributed by atoms with Crippen molar-refractivity contribution in [3.05, 3.63) is 21.9 Å². The predicted molar refractivity (Wildman–Crippen MR) is 95.6 cm³/mol. The lowest BCUT2D eigenvalue weighted by Crippen LogP contribution is -2.51. The van der Waals surface area contributed by atoms with Gasteiger partial charge in [0.05, 0.1) is 0 Å². The van der Waals surface area contributed by atoms with Crippen molar-refractivity contribution in [2.75, 3.05) is 46.3 Å². The van der Waals surface area contributed by atoms with Gasteiger partial charge < -0.3 is 4.90 Å². The lowest BCUT2D eigenvalue weighted by atomic mass is 9.89. The van der Waals surface area contributed by atoms with Crippen molar-refractivity contribution in [1.82, 2.24) is 14.7 Å². The Bertz CT molecular complexity index is 457. The largest absolute Gasteiger partial charge is 0.304 e. The normalized spacial score (nSPS) is 24.7. The van der Waals surface area contributed by atoms with Crippen molar-refractivity contribution in [2.24, 2.45) is 5.92 Å². The summed E-state index contributed by atoms with van der Waals surface area (Å²) in [7, 11) is 2.24. The fourth-order valence-electron chi connectivity index (χ4n) is 3.91. The first-order valence-corrected chi connectivity index (χ1v) is 9.64. The van der Waals surface area contributed by atoms with E-state index in [4.69, 9.17) is 0 Å². The third-order valence-electron chi connectivity index (χ3n) is 5.60. The second-order valence-electron chi connectivity index (χ2n) is 7.21. The van der Waals surface area contributed by atoms with Gasteiger partial charge in [-0.1, -0.05) is 0 Å². The highest BCUT2D eigenvalue weighted by Crippen LogP contribution is 2.26. The summed E-state index contributed by atoms with van der Waals surface area (Å²) in [6.07, 6.45) is 2.75. The first-order chi connectivity index (χ1) is 10.6. The number of piperidine rings is 1. The fraction of sp³-hybridized carbons (Fsp3) is 0.778. The van der Waals surface area contributed by atoms with Crippen molar-refractivity contribution in [2.45, 2.75) is 39.3 Å². The zero-order chi connectivity index (χ0) is 15.5. The Morgan fingerprint density at radius 2 is 1.77 bits per heavy atom. The lowest BCUT2D eigenvalue weighted by Gasteiger charge is -2.42. The average molecular weight is 322 g/mol. The summed E-state index contributed by atoms with van der Waals surface area (Å²) in [5, 5.41) is 0. The van der Waals surface area contributed by atoms with E-state index < -0.39 is 0 Å². The minimum absolute atomic E-state index is 0.764. The van der Waals surface area contributed by atoms with Crippen molar-refractivity contribution >= 4 is 11.3 Å². The molecule has 22 heavy (non-hydrogen) atoms. The van der Waals surface area contributed by atoms with Gasteiger partial charge in [-0.05, 0) is 64.9 Å². The maximum absolute atomic E-state index is 2.73. The number of nitrogens with zero attached hydrogens (tertiary/aromatic N) is 3. The molecule has 0 bridgehead atoms. The quantitative estimate of drug-likeness (QED) is 0.844. The van der Waals surface area contributed by atoms with Crippen molar-refractivity contribution in [3.63, 3.8) is 0 Å². The van der Waals surface area contributed by atoms with Gasteiger partial charge in [0.15, 0.2) is 0 Å². The van der Waals surface area contributed by atoms with Gasteiger partial charge in [0.2, 0.25) is 0 Å². The minimum Gasteiger partial charge on any atom is -0.304 e. The van der Waals surface area contributed by atoms with Gasteiger partial charge >= 0.3 is 0 Å². The molecule has 2 saturated heterocycles. The van der Waals surface area contributed by atoms with Crippen LogP contribution in [0.2, 0.25) is 0 Å². The topological polar surface area (TPSA) is 9.72 Å². The summed E-state index contributed by atoms with van der Waals surface area (Å²) in [6, 6.07) is 5.32. The Morgan fingerprint density at radius 3 is 2.36 bits per heavy atom. The Kier molecular flexibility index (Phi) is 5.55. The van der Waals surface area contributed by atoms with Gasteiger partial charge in [-0.3, -0.25) is 9.80 Å². The van der Waals surface area contributed by atoms with E-state index >= 15 is 0 Å². The van der Waals surface area contributed by atoms with Gasteiger partial charge in [0.25, 0.3) is 0 Å². The van der Waals surface area contributed by atoms with Crippen LogP contribution in [0, 0.1) is 12.8 Å². The van der Waals surface area contributed by atoms with Gasteiger partial charge in [-0.2, -0.15) is 0 Å². The SMILES string of the molecule is Cc1ccc(CN2CCC(C(C)N3CCN(C)CC3)CC2)s1. The van der Waals surface area contributed by atoms with E-state index in [1.54, 1.807) is 0 Å². The van der Waals surface area contributed by atoms with Gasteiger partial charge in [-0.25, -0.2) is 0 Å². The molecule has 0 aromatic carbocycles. The van der Waals surface area contributed by atoms with E-state index in [0.717, 1.165) is 18.5 Å². The maximum atomic E-state index is 2.73. The first kappa shape index (κ1) is 16.4. The van der Waals surface area contributed by atoms with E-state index in [9.17, 15) is 0 Å². The van der Waals surface area contributed by atoms with E-state index in [-0.39, 0.29) is 0 Å². The Hall–Kier alpha value is -0.420. The molecule has 2 aliphatic rings. The molecule has 1 aromatic heterocycles. The summed E-state index contributed by atoms with van der Waals surface area (Å²) in [4.78, 5) is 10.8. The number of likely N-dealkylation sites (tertiary alicyclic amines) is 1. The fourth-order valence-corrected chi connectivity index (χ4v) is 4.84. The van der Waals surface area contributed by atoms with Crippen LogP contribution < -0.4 is 0 Å². The second kappa shape index (κ2) is 7.43. The average Bonchev–Trinajstić information content (AvgIpc) is 2.93. The number of hydrogen-bond donors (Lipinski definition) is 0. The molecule has 1 atom stereocenters. The maximum Gasteiger partial charge on any atom is 0.0328 e. The van der Waals surface area contributed by atoms with E-state index in [1.165, 1.54) is 61.9 Å². The predicted octanol–water partition coefficient (Wildman–Crippen LogP) is 2.90. The third kappa shape index (κ3) is 4.10. The zero-order valence-electron chi connectivity index (χ0n) is 14.4. The number of hydrogen-bond acceptors (Lipinski definition) is 4. The number of aryl methyl sites for hydroxylation is 1. The van der Waals surface area contributed by atoms with Crippen molar-refractivity contribution < 1.29 is 0 Å². The van der Waals surface area contributed by atoms with Crippen LogP contribution in [0.4, 0.5) is 0 Å². The lowest BCUT2D eigenvalue weighted by molar-refractivity contribution is 0.0600. The smallest absolute Gasteiger partial charge is 0.0328 e. The molecule has 0 saturated carbocycles. The van der Waals surface area contributed by atoms with Crippen molar-refractivity contribution in [3.8, 4) is 0 Å². The Morgan fingerprint density at radius 1 is 1.09 bits per heavy atom. The molecule has 3 rings (SSSR count). The standard InChI is InChI=1S/C18H31N3S/c1-15-4-5-18(22-15)14-20-8-6-17(7-9-20)16(2)21-12-10-19(3)11-13-21/h4-5,16-17H,6-14H2,1-3H3. The Labute approximate surface area is 139 Å². The summed E-state index contributed by atoms with van der Waals surface area (Å²) >= 11 is 1.96. The molecule has 2 fully saturated rings. The number of thiophene rings is 1. The van der Waals surface area contributed by atoms with E-state index in [2.05, 4.69) is 47.7 Å². The number of likely N-dealkylation sites (N-methyl/N-ethyl adjacent to an activating group) is 1. The summed E-state index contributed by atoms with van der Waals surface area (Å²) in [5.74, 6) is 0.893. The van der Waals surface area contributed by atoms with Crippen molar-refractivity contribution in [1.29, 1.82) is 0 Å². The van der Waals surface area contributed by atoms with Crippen LogP contribution in [-0.4, -0.2) is 67.1 Å². The molecular weight excluding hydrogens is 290 g/mol. The first-order valence-electron chi connectivity index (χ1n) is 8.82. The van der Waals surface area contributed by atoms with E-state index in [1.807, 2.05) is 11.3 Å². The molecule has 3 nitrogen and oxygen atoms in total. The van der Waals surface area contributed by atoms with E-state index in [0.29, 0.717) is 0 Å². The molecule has 1 aromatic rings. The zero-order valence-corrected chi connectivity index (χ0v) is 15.2. The molecule has 4 heteroatoms. The molecule has 0 radical (unpaired) electrons. The third-order valence-corrected chi connectivity index (χ3v) is 6.59. The molecular formula is C18H31N3S. The summed E-state index contributed by atoms with van der Waals surface area (Å²) in [5.41, 5.74) is 0.